The van der Waals surface area contributed by atoms with Crippen LogP contribution < -0.4 is 9.47 Å². The van der Waals surface area contributed by atoms with Gasteiger partial charge in [0.1, 0.15) is 5.82 Å². The van der Waals surface area contributed by atoms with Crippen molar-refractivity contribution >= 4 is 5.91 Å². The van der Waals surface area contributed by atoms with Gasteiger partial charge in [-0.2, -0.15) is 0 Å². The number of carbonyl (C=O) groups excluding carboxylic acids is 1. The summed E-state index contributed by atoms with van der Waals surface area (Å²) >= 11 is 0. The lowest BCUT2D eigenvalue weighted by Gasteiger charge is -2.40. The number of halogens is 1. The summed E-state index contributed by atoms with van der Waals surface area (Å²) in [5, 5.41) is 0. The van der Waals surface area contributed by atoms with Crippen molar-refractivity contribution in [2.24, 2.45) is 0 Å². The van der Waals surface area contributed by atoms with Gasteiger partial charge < -0.3 is 14.4 Å². The first-order chi connectivity index (χ1) is 13.1. The summed E-state index contributed by atoms with van der Waals surface area (Å²) in [5.41, 5.74) is 1.70. The Morgan fingerprint density at radius 1 is 1.15 bits per heavy atom. The van der Waals surface area contributed by atoms with Gasteiger partial charge in [-0.3, -0.25) is 9.69 Å². The summed E-state index contributed by atoms with van der Waals surface area (Å²) in [4.78, 5) is 16.7. The maximum Gasteiger partial charge on any atom is 0.231 e. The van der Waals surface area contributed by atoms with E-state index in [4.69, 9.17) is 9.47 Å². The summed E-state index contributed by atoms with van der Waals surface area (Å²) in [7, 11) is 1.98. The molecule has 5 nitrogen and oxygen atoms in total. The van der Waals surface area contributed by atoms with Gasteiger partial charge in [-0.25, -0.2) is 4.39 Å². The van der Waals surface area contributed by atoms with Crippen LogP contribution in [0.2, 0.25) is 0 Å². The van der Waals surface area contributed by atoms with E-state index in [0.717, 1.165) is 23.6 Å². The predicted octanol–water partition coefficient (Wildman–Crippen LogP) is 3.00. The van der Waals surface area contributed by atoms with E-state index in [0.29, 0.717) is 31.5 Å². The van der Waals surface area contributed by atoms with Crippen molar-refractivity contribution in [3.05, 3.63) is 59.4 Å². The minimum Gasteiger partial charge on any atom is -0.454 e. The van der Waals surface area contributed by atoms with Crippen LogP contribution in [0, 0.1) is 5.82 Å². The normalized spacial score (nSPS) is 19.3. The second kappa shape index (κ2) is 7.56. The van der Waals surface area contributed by atoms with Gasteiger partial charge >= 0.3 is 0 Å². The molecule has 1 fully saturated rings. The molecule has 6 heteroatoms. The number of benzene rings is 2. The number of fused-ring (bicyclic) bond motifs is 1. The molecule has 0 spiro atoms. The van der Waals surface area contributed by atoms with Crippen molar-refractivity contribution in [2.75, 3.05) is 33.5 Å². The summed E-state index contributed by atoms with van der Waals surface area (Å²) in [6.45, 7) is 2.16. The average Bonchev–Trinajstić information content (AvgIpc) is 3.15. The molecule has 2 heterocycles. The molecule has 0 aliphatic carbocycles. The summed E-state index contributed by atoms with van der Waals surface area (Å²) < 4.78 is 24.9. The van der Waals surface area contributed by atoms with Gasteiger partial charge in [0.15, 0.2) is 11.5 Å². The van der Waals surface area contributed by atoms with E-state index in [1.807, 2.05) is 36.2 Å². The van der Waals surface area contributed by atoms with Crippen LogP contribution in [0.4, 0.5) is 4.39 Å². The lowest BCUT2D eigenvalue weighted by atomic mass is 10.0. The van der Waals surface area contributed by atoms with Crippen LogP contribution >= 0.6 is 0 Å². The van der Waals surface area contributed by atoms with Crippen molar-refractivity contribution in [2.45, 2.75) is 18.9 Å². The number of hydrogen-bond donors (Lipinski definition) is 0. The SMILES string of the molecule is CN1CCN(C(=O)CCc2ccc3c(c2)OCO3)CC1c1ccccc1F. The minimum absolute atomic E-state index is 0.0992. The number of likely N-dealkylation sites (N-methyl/N-ethyl adjacent to an activating group) is 1. The molecule has 142 valence electrons. The number of carbonyl (C=O) groups is 1. The van der Waals surface area contributed by atoms with E-state index >= 15 is 0 Å². The van der Waals surface area contributed by atoms with Crippen molar-refractivity contribution in [3.8, 4) is 11.5 Å². The second-order valence-electron chi connectivity index (χ2n) is 7.05. The Hall–Kier alpha value is -2.60. The molecule has 1 amide bonds. The van der Waals surface area contributed by atoms with Gasteiger partial charge in [0.2, 0.25) is 12.7 Å². The fourth-order valence-electron chi connectivity index (χ4n) is 3.69. The third-order valence-electron chi connectivity index (χ3n) is 5.33. The van der Waals surface area contributed by atoms with Crippen LogP contribution in [0.5, 0.6) is 11.5 Å². The van der Waals surface area contributed by atoms with Gasteiger partial charge in [-0.15, -0.1) is 0 Å². The number of amides is 1. The maximum absolute atomic E-state index is 14.2. The molecule has 2 aromatic rings. The van der Waals surface area contributed by atoms with E-state index in [1.54, 1.807) is 12.1 Å². The number of hydrogen-bond acceptors (Lipinski definition) is 4. The number of ether oxygens (including phenoxy) is 2. The topological polar surface area (TPSA) is 42.0 Å². The smallest absolute Gasteiger partial charge is 0.231 e. The molecule has 0 saturated carbocycles. The monoisotopic (exact) mass is 370 g/mol. The van der Waals surface area contributed by atoms with Gasteiger partial charge in [0.25, 0.3) is 0 Å². The standard InChI is InChI=1S/C21H23FN2O3/c1-23-10-11-24(13-18(23)16-4-2-3-5-17(16)22)21(25)9-7-15-6-8-19-20(12-15)27-14-26-19/h2-6,8,12,18H,7,9-11,13-14H2,1H3. The number of aryl methyl sites for hydroxylation is 1. The Morgan fingerprint density at radius 2 is 1.96 bits per heavy atom. The molecular weight excluding hydrogens is 347 g/mol. The van der Waals surface area contributed by atoms with Gasteiger partial charge in [-0.05, 0) is 37.2 Å². The van der Waals surface area contributed by atoms with Crippen LogP contribution in [0.15, 0.2) is 42.5 Å². The van der Waals surface area contributed by atoms with Crippen LogP contribution in [0.1, 0.15) is 23.6 Å². The average molecular weight is 370 g/mol. The zero-order valence-electron chi connectivity index (χ0n) is 15.4. The molecule has 4 rings (SSSR count). The summed E-state index contributed by atoms with van der Waals surface area (Å²) in [5.74, 6) is 1.36. The zero-order valence-corrected chi connectivity index (χ0v) is 15.4. The van der Waals surface area contributed by atoms with E-state index in [-0.39, 0.29) is 24.6 Å². The van der Waals surface area contributed by atoms with Crippen LogP contribution in [0.3, 0.4) is 0 Å². The molecule has 0 radical (unpaired) electrons. The lowest BCUT2D eigenvalue weighted by molar-refractivity contribution is -0.134. The van der Waals surface area contributed by atoms with Crippen molar-refractivity contribution in [1.29, 1.82) is 0 Å². The Kier molecular flexibility index (Phi) is 4.99. The number of piperazine rings is 1. The molecule has 27 heavy (non-hydrogen) atoms. The molecule has 0 bridgehead atoms. The fraction of sp³-hybridized carbons (Fsp3) is 0.381. The number of nitrogens with zero attached hydrogens (tertiary/aromatic N) is 2. The maximum atomic E-state index is 14.2. The van der Waals surface area contributed by atoms with E-state index in [2.05, 4.69) is 4.90 Å². The van der Waals surface area contributed by atoms with Gasteiger partial charge in [0, 0.05) is 31.6 Å². The summed E-state index contributed by atoms with van der Waals surface area (Å²) in [6.07, 6.45) is 1.07. The fourth-order valence-corrected chi connectivity index (χ4v) is 3.69. The Morgan fingerprint density at radius 3 is 2.81 bits per heavy atom. The highest BCUT2D eigenvalue weighted by molar-refractivity contribution is 5.76. The first-order valence-corrected chi connectivity index (χ1v) is 9.23. The van der Waals surface area contributed by atoms with Crippen molar-refractivity contribution in [1.82, 2.24) is 9.80 Å². The highest BCUT2D eigenvalue weighted by atomic mass is 19.1. The quantitative estimate of drug-likeness (QED) is 0.830. The molecule has 0 N–H and O–H groups in total. The van der Waals surface area contributed by atoms with Crippen molar-refractivity contribution in [3.63, 3.8) is 0 Å². The van der Waals surface area contributed by atoms with Crippen LogP contribution in [-0.4, -0.2) is 49.2 Å². The molecular formula is C21H23FN2O3. The molecule has 2 aliphatic rings. The molecule has 0 aromatic heterocycles. The predicted molar refractivity (Wildman–Crippen MR) is 99.2 cm³/mol. The minimum atomic E-state index is -0.219. The summed E-state index contributed by atoms with van der Waals surface area (Å²) in [6, 6.07) is 12.5. The van der Waals surface area contributed by atoms with E-state index in [9.17, 15) is 9.18 Å². The van der Waals surface area contributed by atoms with Gasteiger partial charge in [-0.1, -0.05) is 24.3 Å². The highest BCUT2D eigenvalue weighted by Gasteiger charge is 2.29. The third-order valence-corrected chi connectivity index (χ3v) is 5.33. The van der Waals surface area contributed by atoms with E-state index < -0.39 is 0 Å². The largest absolute Gasteiger partial charge is 0.454 e. The Bertz CT molecular complexity index is 842. The first-order valence-electron chi connectivity index (χ1n) is 9.23. The Labute approximate surface area is 158 Å². The van der Waals surface area contributed by atoms with Crippen LogP contribution in [0.25, 0.3) is 0 Å². The number of rotatable bonds is 4. The molecule has 1 unspecified atom stereocenters. The second-order valence-corrected chi connectivity index (χ2v) is 7.05. The highest BCUT2D eigenvalue weighted by Crippen LogP contribution is 2.33. The first kappa shape index (κ1) is 17.8. The molecule has 2 aliphatic heterocycles. The van der Waals surface area contributed by atoms with Gasteiger partial charge in [0.05, 0.1) is 6.04 Å². The van der Waals surface area contributed by atoms with E-state index in [1.165, 1.54) is 6.07 Å². The molecule has 1 saturated heterocycles. The third kappa shape index (κ3) is 3.76. The van der Waals surface area contributed by atoms with Crippen LogP contribution in [-0.2, 0) is 11.2 Å². The van der Waals surface area contributed by atoms with Crippen molar-refractivity contribution < 1.29 is 18.7 Å². The zero-order chi connectivity index (χ0) is 18.8. The lowest BCUT2D eigenvalue weighted by Crippen LogP contribution is -2.49. The molecule has 1 atom stereocenters. The Balaban J connectivity index is 1.39. The molecule has 2 aromatic carbocycles.